The Morgan fingerprint density at radius 1 is 1.11 bits per heavy atom. The topological polar surface area (TPSA) is 45.9 Å². The summed E-state index contributed by atoms with van der Waals surface area (Å²) in [6, 6.07) is 1.96. The summed E-state index contributed by atoms with van der Waals surface area (Å²) >= 11 is 4.82. The number of hydrogen-bond donors (Lipinski definition) is 2. The molecule has 0 amide bonds. The van der Waals surface area contributed by atoms with E-state index < -0.39 is 5.60 Å². The van der Waals surface area contributed by atoms with Crippen LogP contribution in [0.5, 0.6) is 0 Å². The summed E-state index contributed by atoms with van der Waals surface area (Å²) < 4.78 is 11.9. The average Bonchev–Trinajstić information content (AvgIpc) is 3.03. The molecular weight excluding hydrogens is 356 g/mol. The van der Waals surface area contributed by atoms with E-state index in [0.717, 1.165) is 30.2 Å². The molecule has 1 aromatic rings. The van der Waals surface area contributed by atoms with Crippen LogP contribution in [0.4, 0.5) is 0 Å². The van der Waals surface area contributed by atoms with Crippen molar-refractivity contribution >= 4 is 12.6 Å². The van der Waals surface area contributed by atoms with E-state index in [1.807, 2.05) is 6.07 Å². The second-order valence-electron chi connectivity index (χ2n) is 10.8. The van der Waals surface area contributed by atoms with Gasteiger partial charge in [-0.25, -0.2) is 0 Å². The van der Waals surface area contributed by atoms with Crippen molar-refractivity contribution in [2.75, 3.05) is 0 Å². The van der Waals surface area contributed by atoms with Crippen LogP contribution in [0.15, 0.2) is 23.0 Å². The van der Waals surface area contributed by atoms with Crippen molar-refractivity contribution in [3.05, 3.63) is 24.2 Å². The van der Waals surface area contributed by atoms with E-state index in [1.54, 1.807) is 12.5 Å². The van der Waals surface area contributed by atoms with E-state index >= 15 is 0 Å². The maximum absolute atomic E-state index is 11.9. The summed E-state index contributed by atoms with van der Waals surface area (Å²) in [5.74, 6) is 2.16. The Morgan fingerprint density at radius 3 is 2.74 bits per heavy atom. The molecule has 27 heavy (non-hydrogen) atoms. The molecule has 1 aromatic heterocycles. The molecule has 1 unspecified atom stereocenters. The number of furan rings is 1. The SMILES string of the molecule is C[C@]12CCC(S)C[C@H]1CC[C@@H]1[C@@H]2CC[C@@]2(C)[C@@]13O[C@@H]3C[C@]2(O)c1ccoc1. The zero-order valence-electron chi connectivity index (χ0n) is 16.5. The van der Waals surface area contributed by atoms with Crippen LogP contribution in [0, 0.1) is 28.6 Å². The number of ether oxygens (including phenoxy) is 1. The van der Waals surface area contributed by atoms with Gasteiger partial charge in [-0.1, -0.05) is 13.8 Å². The van der Waals surface area contributed by atoms with Gasteiger partial charge in [-0.3, -0.25) is 0 Å². The minimum absolute atomic E-state index is 0.117. The molecule has 0 aromatic carbocycles. The maximum atomic E-state index is 11.9. The van der Waals surface area contributed by atoms with Crippen LogP contribution in [-0.2, 0) is 10.3 Å². The van der Waals surface area contributed by atoms with Crippen LogP contribution in [0.3, 0.4) is 0 Å². The zero-order valence-corrected chi connectivity index (χ0v) is 17.4. The predicted octanol–water partition coefficient (Wildman–Crippen LogP) is 4.94. The first-order valence-electron chi connectivity index (χ1n) is 11.0. The second-order valence-corrected chi connectivity index (χ2v) is 11.5. The Morgan fingerprint density at radius 2 is 1.96 bits per heavy atom. The van der Waals surface area contributed by atoms with E-state index in [2.05, 4.69) is 13.8 Å². The molecule has 5 aliphatic rings. The fourth-order valence-electron chi connectivity index (χ4n) is 8.63. The highest BCUT2D eigenvalue weighted by Crippen LogP contribution is 2.79. The van der Waals surface area contributed by atoms with Gasteiger partial charge in [-0.2, -0.15) is 12.6 Å². The van der Waals surface area contributed by atoms with Crippen molar-refractivity contribution in [2.45, 2.75) is 87.8 Å². The normalized spacial score (nSPS) is 58.7. The van der Waals surface area contributed by atoms with Gasteiger partial charge in [-0.05, 0) is 74.2 Å². The summed E-state index contributed by atoms with van der Waals surface area (Å²) in [7, 11) is 0. The molecule has 1 spiro atoms. The quantitative estimate of drug-likeness (QED) is 0.529. The molecule has 1 aliphatic heterocycles. The third-order valence-corrected chi connectivity index (χ3v) is 10.7. The van der Waals surface area contributed by atoms with Crippen LogP contribution in [-0.4, -0.2) is 22.1 Å². The number of thiol groups is 1. The predicted molar refractivity (Wildman–Crippen MR) is 107 cm³/mol. The van der Waals surface area contributed by atoms with Crippen molar-refractivity contribution in [3.8, 4) is 0 Å². The van der Waals surface area contributed by atoms with Gasteiger partial charge in [0.2, 0.25) is 0 Å². The Hall–Kier alpha value is -0.450. The lowest BCUT2D eigenvalue weighted by Gasteiger charge is -2.61. The first-order valence-corrected chi connectivity index (χ1v) is 11.5. The number of epoxide rings is 1. The summed E-state index contributed by atoms with van der Waals surface area (Å²) in [5, 5.41) is 12.5. The Kier molecular flexibility index (Phi) is 3.34. The fourth-order valence-corrected chi connectivity index (χ4v) is 9.02. The zero-order chi connectivity index (χ0) is 18.7. The van der Waals surface area contributed by atoms with Crippen LogP contribution < -0.4 is 0 Å². The molecule has 4 heteroatoms. The molecule has 1 N–H and O–H groups in total. The summed E-state index contributed by atoms with van der Waals surface area (Å²) in [5.41, 5.74) is 0.251. The van der Waals surface area contributed by atoms with E-state index in [4.69, 9.17) is 21.8 Å². The van der Waals surface area contributed by atoms with Crippen LogP contribution in [0.25, 0.3) is 0 Å². The Balaban J connectivity index is 1.40. The molecule has 0 bridgehead atoms. The lowest BCUT2D eigenvalue weighted by Crippen LogP contribution is -2.61. The summed E-state index contributed by atoms with van der Waals surface area (Å²) in [4.78, 5) is 0. The molecule has 4 saturated carbocycles. The molecule has 4 aliphatic carbocycles. The molecule has 0 radical (unpaired) electrons. The molecule has 2 heterocycles. The van der Waals surface area contributed by atoms with Gasteiger partial charge >= 0.3 is 0 Å². The largest absolute Gasteiger partial charge is 0.472 e. The number of fused-ring (bicyclic) bond motifs is 3. The van der Waals surface area contributed by atoms with Gasteiger partial charge in [0.25, 0.3) is 0 Å². The molecule has 6 rings (SSSR count). The number of hydrogen-bond acceptors (Lipinski definition) is 4. The van der Waals surface area contributed by atoms with Gasteiger partial charge in [0.1, 0.15) is 11.2 Å². The molecule has 1 saturated heterocycles. The highest BCUT2D eigenvalue weighted by molar-refractivity contribution is 7.80. The van der Waals surface area contributed by atoms with E-state index in [9.17, 15) is 5.11 Å². The van der Waals surface area contributed by atoms with E-state index in [-0.39, 0.29) is 17.1 Å². The first kappa shape index (κ1) is 17.4. The molecule has 3 nitrogen and oxygen atoms in total. The fraction of sp³-hybridized carbons (Fsp3) is 0.826. The average molecular weight is 389 g/mol. The van der Waals surface area contributed by atoms with Crippen LogP contribution in [0.2, 0.25) is 0 Å². The van der Waals surface area contributed by atoms with E-state index in [1.165, 1.54) is 38.5 Å². The molecular formula is C23H32O3S. The Bertz CT molecular complexity index is 764. The second kappa shape index (κ2) is 5.17. The Labute approximate surface area is 167 Å². The van der Waals surface area contributed by atoms with Gasteiger partial charge in [0.05, 0.1) is 18.6 Å². The first-order chi connectivity index (χ1) is 12.9. The standard InChI is InChI=1S/C23H32O3S/c1-20-8-5-16(27)11-14(20)3-4-18-17(20)6-9-21(2)22(24,15-7-10-25-13-15)12-19-23(18,21)26-19/h7,10,13-14,16-19,24,27H,3-6,8-9,11-12H2,1-2H3/t14-,16?,17+,18-,19-,20+,21-,22+,23-/m1/s1. The van der Waals surface area contributed by atoms with Gasteiger partial charge in [0.15, 0.2) is 0 Å². The van der Waals surface area contributed by atoms with Gasteiger partial charge < -0.3 is 14.3 Å². The lowest BCUT2D eigenvalue weighted by molar-refractivity contribution is -0.189. The summed E-state index contributed by atoms with van der Waals surface area (Å²) in [6.07, 6.45) is 13.1. The minimum atomic E-state index is -0.811. The van der Waals surface area contributed by atoms with Crippen molar-refractivity contribution in [1.82, 2.24) is 0 Å². The highest BCUT2D eigenvalue weighted by atomic mass is 32.1. The smallest absolute Gasteiger partial charge is 0.106 e. The number of rotatable bonds is 1. The third kappa shape index (κ3) is 1.85. The third-order valence-electron chi connectivity index (χ3n) is 10.2. The van der Waals surface area contributed by atoms with Gasteiger partial charge in [0, 0.05) is 22.6 Å². The molecule has 5 fully saturated rings. The van der Waals surface area contributed by atoms with Crippen molar-refractivity contribution in [2.24, 2.45) is 28.6 Å². The lowest BCUT2D eigenvalue weighted by atomic mass is 9.43. The highest BCUT2D eigenvalue weighted by Gasteiger charge is 2.84. The molecule has 148 valence electrons. The van der Waals surface area contributed by atoms with Crippen molar-refractivity contribution < 1.29 is 14.3 Å². The molecule has 9 atom stereocenters. The van der Waals surface area contributed by atoms with E-state index in [0.29, 0.717) is 16.6 Å². The van der Waals surface area contributed by atoms with Crippen molar-refractivity contribution in [3.63, 3.8) is 0 Å². The monoisotopic (exact) mass is 388 g/mol. The van der Waals surface area contributed by atoms with Crippen LogP contribution >= 0.6 is 12.6 Å². The van der Waals surface area contributed by atoms with Crippen LogP contribution in [0.1, 0.15) is 70.8 Å². The maximum Gasteiger partial charge on any atom is 0.106 e. The van der Waals surface area contributed by atoms with Crippen molar-refractivity contribution in [1.29, 1.82) is 0 Å². The summed E-state index contributed by atoms with van der Waals surface area (Å²) in [6.45, 7) is 4.88. The number of aliphatic hydroxyl groups is 1. The van der Waals surface area contributed by atoms with Gasteiger partial charge in [-0.15, -0.1) is 0 Å². The minimum Gasteiger partial charge on any atom is -0.472 e.